The van der Waals surface area contributed by atoms with Crippen LogP contribution in [0.3, 0.4) is 0 Å². The van der Waals surface area contributed by atoms with E-state index in [1.54, 1.807) is 35.8 Å². The Kier molecular flexibility index (Phi) is 4.73. The first-order valence-electron chi connectivity index (χ1n) is 9.41. The van der Waals surface area contributed by atoms with Gasteiger partial charge in [0.15, 0.2) is 11.5 Å². The van der Waals surface area contributed by atoms with Crippen molar-refractivity contribution < 1.29 is 18.3 Å². The minimum atomic E-state index is -0.138. The number of carbonyl (C=O) groups is 1. The first kappa shape index (κ1) is 17.9. The summed E-state index contributed by atoms with van der Waals surface area (Å²) in [6, 6.07) is 7.11. The van der Waals surface area contributed by atoms with Gasteiger partial charge in [0.1, 0.15) is 0 Å². The Hall–Kier alpha value is -3.20. The van der Waals surface area contributed by atoms with Gasteiger partial charge < -0.3 is 18.4 Å². The Morgan fingerprint density at radius 2 is 2.21 bits per heavy atom. The zero-order valence-electron chi connectivity index (χ0n) is 15.5. The fourth-order valence-electron chi connectivity index (χ4n) is 3.58. The summed E-state index contributed by atoms with van der Waals surface area (Å²) in [7, 11) is 0. The van der Waals surface area contributed by atoms with Gasteiger partial charge in [0.25, 0.3) is 5.91 Å². The fraction of sp³-hybridized carbons (Fsp3) is 0.300. The van der Waals surface area contributed by atoms with E-state index in [0.29, 0.717) is 42.7 Å². The van der Waals surface area contributed by atoms with Crippen LogP contribution in [-0.4, -0.2) is 39.2 Å². The molecule has 1 atom stereocenters. The van der Waals surface area contributed by atoms with Crippen molar-refractivity contribution in [1.82, 2.24) is 20.2 Å². The summed E-state index contributed by atoms with van der Waals surface area (Å²) in [5, 5.41) is 12.0. The highest BCUT2D eigenvalue weighted by Gasteiger charge is 2.28. The Bertz CT molecular complexity index is 1080. The fourth-order valence-corrected chi connectivity index (χ4v) is 4.22. The molecule has 0 N–H and O–H groups in total. The summed E-state index contributed by atoms with van der Waals surface area (Å²) < 4.78 is 16.0. The predicted molar refractivity (Wildman–Crippen MR) is 104 cm³/mol. The van der Waals surface area contributed by atoms with Gasteiger partial charge in [-0.25, -0.2) is 0 Å². The van der Waals surface area contributed by atoms with Gasteiger partial charge in [0, 0.05) is 36.5 Å². The normalized spacial score (nSPS) is 17.0. The molecule has 9 heteroatoms. The molecule has 0 aliphatic carbocycles. The molecule has 0 radical (unpaired) electrons. The molecular weight excluding hydrogens is 392 g/mol. The SMILES string of the molecule is O=C(c1cc(-c2ccco2)on1)N1CCCC(Cc2nc(-c3ccsc3)no2)C1. The van der Waals surface area contributed by atoms with E-state index in [0.717, 1.165) is 18.4 Å². The van der Waals surface area contributed by atoms with Crippen molar-refractivity contribution in [2.75, 3.05) is 13.1 Å². The van der Waals surface area contributed by atoms with Crippen molar-refractivity contribution in [3.63, 3.8) is 0 Å². The lowest BCUT2D eigenvalue weighted by Crippen LogP contribution is -2.40. The van der Waals surface area contributed by atoms with E-state index in [9.17, 15) is 4.79 Å². The third-order valence-corrected chi connectivity index (χ3v) is 5.69. The maximum absolute atomic E-state index is 12.9. The summed E-state index contributed by atoms with van der Waals surface area (Å²) >= 11 is 1.60. The lowest BCUT2D eigenvalue weighted by atomic mass is 9.94. The van der Waals surface area contributed by atoms with Crippen LogP contribution in [0.4, 0.5) is 0 Å². The van der Waals surface area contributed by atoms with Gasteiger partial charge in [-0.1, -0.05) is 10.3 Å². The lowest BCUT2D eigenvalue weighted by molar-refractivity contribution is 0.0657. The molecule has 4 aromatic heterocycles. The molecule has 148 valence electrons. The number of nitrogens with zero attached hydrogens (tertiary/aromatic N) is 4. The number of amides is 1. The summed E-state index contributed by atoms with van der Waals surface area (Å²) in [6.45, 7) is 1.32. The highest BCUT2D eigenvalue weighted by Crippen LogP contribution is 2.25. The molecule has 5 rings (SSSR count). The zero-order valence-corrected chi connectivity index (χ0v) is 16.3. The number of piperidine rings is 1. The smallest absolute Gasteiger partial charge is 0.276 e. The van der Waals surface area contributed by atoms with Crippen LogP contribution in [-0.2, 0) is 6.42 Å². The molecule has 1 aliphatic heterocycles. The minimum Gasteiger partial charge on any atom is -0.461 e. The molecule has 0 aromatic carbocycles. The number of furan rings is 1. The van der Waals surface area contributed by atoms with Crippen LogP contribution in [0.1, 0.15) is 29.2 Å². The second-order valence-corrected chi connectivity index (χ2v) is 7.82. The minimum absolute atomic E-state index is 0.138. The number of hydrogen-bond donors (Lipinski definition) is 0. The number of thiophene rings is 1. The van der Waals surface area contributed by atoms with E-state index in [2.05, 4.69) is 15.3 Å². The largest absolute Gasteiger partial charge is 0.461 e. The Balaban J connectivity index is 1.24. The maximum atomic E-state index is 12.9. The molecular formula is C20H18N4O4S. The average molecular weight is 410 g/mol. The van der Waals surface area contributed by atoms with Gasteiger partial charge in [0.2, 0.25) is 17.5 Å². The molecule has 0 saturated carbocycles. The van der Waals surface area contributed by atoms with E-state index in [-0.39, 0.29) is 17.5 Å². The van der Waals surface area contributed by atoms with Crippen LogP contribution in [0.2, 0.25) is 0 Å². The van der Waals surface area contributed by atoms with E-state index in [1.807, 2.05) is 21.7 Å². The van der Waals surface area contributed by atoms with Gasteiger partial charge in [-0.2, -0.15) is 16.3 Å². The lowest BCUT2D eigenvalue weighted by Gasteiger charge is -2.31. The predicted octanol–water partition coefficient (Wildman–Crippen LogP) is 4.14. The molecule has 1 saturated heterocycles. The van der Waals surface area contributed by atoms with Crippen molar-refractivity contribution in [2.24, 2.45) is 5.92 Å². The molecule has 29 heavy (non-hydrogen) atoms. The average Bonchev–Trinajstić information content (AvgIpc) is 3.54. The first-order chi connectivity index (χ1) is 14.3. The van der Waals surface area contributed by atoms with Gasteiger partial charge in [-0.05, 0) is 42.3 Å². The van der Waals surface area contributed by atoms with Crippen molar-refractivity contribution in [2.45, 2.75) is 19.3 Å². The summed E-state index contributed by atoms with van der Waals surface area (Å²) in [6.07, 6.45) is 4.13. The highest BCUT2D eigenvalue weighted by atomic mass is 32.1. The molecule has 8 nitrogen and oxygen atoms in total. The third kappa shape index (κ3) is 3.73. The summed E-state index contributed by atoms with van der Waals surface area (Å²) in [4.78, 5) is 19.2. The molecule has 1 fully saturated rings. The van der Waals surface area contributed by atoms with E-state index >= 15 is 0 Å². The second kappa shape index (κ2) is 7.67. The maximum Gasteiger partial charge on any atom is 0.276 e. The van der Waals surface area contributed by atoms with Crippen LogP contribution in [0.5, 0.6) is 0 Å². The highest BCUT2D eigenvalue weighted by molar-refractivity contribution is 7.08. The number of carbonyl (C=O) groups excluding carboxylic acids is 1. The standard InChI is InChI=1S/C20H18N4O4S/c25-20(15-10-17(27-22-15)16-4-2-7-26-16)24-6-1-3-13(11-24)9-18-21-19(23-28-18)14-5-8-29-12-14/h2,4-5,7-8,10,12-13H,1,3,6,9,11H2. The topological polar surface area (TPSA) is 98.4 Å². The molecule has 5 heterocycles. The van der Waals surface area contributed by atoms with Crippen molar-refractivity contribution in [3.8, 4) is 22.9 Å². The molecule has 1 aliphatic rings. The molecule has 4 aromatic rings. The Morgan fingerprint density at radius 3 is 3.03 bits per heavy atom. The van der Waals surface area contributed by atoms with Crippen molar-refractivity contribution >= 4 is 17.2 Å². The number of rotatable bonds is 5. The van der Waals surface area contributed by atoms with Crippen molar-refractivity contribution in [3.05, 3.63) is 52.9 Å². The summed E-state index contributed by atoms with van der Waals surface area (Å²) in [5.41, 5.74) is 1.25. The molecule has 0 spiro atoms. The quantitative estimate of drug-likeness (QED) is 0.487. The van der Waals surface area contributed by atoms with Crippen LogP contribution >= 0.6 is 11.3 Å². The van der Waals surface area contributed by atoms with E-state index < -0.39 is 0 Å². The van der Waals surface area contributed by atoms with E-state index in [4.69, 9.17) is 13.5 Å². The number of aromatic nitrogens is 3. The van der Waals surface area contributed by atoms with E-state index in [1.165, 1.54) is 0 Å². The van der Waals surface area contributed by atoms with Crippen LogP contribution in [0, 0.1) is 5.92 Å². The van der Waals surface area contributed by atoms with Crippen LogP contribution in [0.25, 0.3) is 22.9 Å². The van der Waals surface area contributed by atoms with Gasteiger partial charge in [-0.15, -0.1) is 0 Å². The molecule has 1 unspecified atom stereocenters. The second-order valence-electron chi connectivity index (χ2n) is 7.04. The van der Waals surface area contributed by atoms with Gasteiger partial charge >= 0.3 is 0 Å². The van der Waals surface area contributed by atoms with Crippen LogP contribution < -0.4 is 0 Å². The molecule has 0 bridgehead atoms. The van der Waals surface area contributed by atoms with Crippen LogP contribution in [0.15, 0.2) is 54.8 Å². The monoisotopic (exact) mass is 410 g/mol. The van der Waals surface area contributed by atoms with Crippen molar-refractivity contribution in [1.29, 1.82) is 0 Å². The Labute approximate surface area is 170 Å². The molecule has 1 amide bonds. The third-order valence-electron chi connectivity index (χ3n) is 5.01. The van der Waals surface area contributed by atoms with Gasteiger partial charge in [0.05, 0.1) is 6.26 Å². The number of likely N-dealkylation sites (tertiary alicyclic amines) is 1. The zero-order chi connectivity index (χ0) is 19.6. The van der Waals surface area contributed by atoms with Gasteiger partial charge in [-0.3, -0.25) is 4.79 Å². The summed E-state index contributed by atoms with van der Waals surface area (Å²) in [5.74, 6) is 2.33. The Morgan fingerprint density at radius 1 is 1.24 bits per heavy atom. The first-order valence-corrected chi connectivity index (χ1v) is 10.4. The number of hydrogen-bond acceptors (Lipinski definition) is 8.